The highest BCUT2D eigenvalue weighted by Gasteiger charge is 2.08. The fourth-order valence-corrected chi connectivity index (χ4v) is 2.55. The molecule has 0 atom stereocenters. The highest BCUT2D eigenvalue weighted by atomic mass is 35.5. The van der Waals surface area contributed by atoms with Gasteiger partial charge in [-0.2, -0.15) is 0 Å². The summed E-state index contributed by atoms with van der Waals surface area (Å²) in [5.41, 5.74) is 3.41. The lowest BCUT2D eigenvalue weighted by Crippen LogP contribution is -2.24. The second kappa shape index (κ2) is 6.62. The third kappa shape index (κ3) is 3.46. The van der Waals surface area contributed by atoms with E-state index in [1.165, 1.54) is 5.56 Å². The Morgan fingerprint density at radius 3 is 2.82 bits per heavy atom. The van der Waals surface area contributed by atoms with Gasteiger partial charge in [-0.1, -0.05) is 30.3 Å². The van der Waals surface area contributed by atoms with Gasteiger partial charge < -0.3 is 10.3 Å². The molecule has 0 radical (unpaired) electrons. The lowest BCUT2D eigenvalue weighted by molar-refractivity contribution is 0.0953. The molecule has 0 aliphatic rings. The van der Waals surface area contributed by atoms with Crippen LogP contribution in [0.15, 0.2) is 48.5 Å². The second-order valence-corrected chi connectivity index (χ2v) is 5.46. The maximum absolute atomic E-state index is 12.1. The number of rotatable bonds is 5. The number of fused-ring (bicyclic) bond motifs is 1. The van der Waals surface area contributed by atoms with Gasteiger partial charge in [-0.25, -0.2) is 4.98 Å². The van der Waals surface area contributed by atoms with Crippen LogP contribution < -0.4 is 5.32 Å². The molecule has 2 aromatic carbocycles. The molecule has 0 aliphatic carbocycles. The number of nitrogens with one attached hydrogen (secondary N) is 2. The molecule has 5 heteroatoms. The van der Waals surface area contributed by atoms with Gasteiger partial charge in [-0.15, -0.1) is 0 Å². The van der Waals surface area contributed by atoms with Gasteiger partial charge in [0, 0.05) is 12.1 Å². The van der Waals surface area contributed by atoms with E-state index in [0.29, 0.717) is 17.4 Å². The van der Waals surface area contributed by atoms with Crippen molar-refractivity contribution in [3.05, 3.63) is 64.9 Å². The van der Waals surface area contributed by atoms with Crippen LogP contribution in [-0.4, -0.2) is 22.4 Å². The van der Waals surface area contributed by atoms with Crippen LogP contribution in [0.3, 0.4) is 0 Å². The topological polar surface area (TPSA) is 57.8 Å². The Kier molecular flexibility index (Phi) is 4.39. The Morgan fingerprint density at radius 2 is 2.00 bits per heavy atom. The summed E-state index contributed by atoms with van der Waals surface area (Å²) in [5.74, 6) is -0.0827. The van der Waals surface area contributed by atoms with Crippen LogP contribution in [0, 0.1) is 0 Å². The summed E-state index contributed by atoms with van der Waals surface area (Å²) in [4.78, 5) is 19.1. The maximum Gasteiger partial charge on any atom is 0.251 e. The highest BCUT2D eigenvalue weighted by molar-refractivity contribution is 6.29. The Labute approximate surface area is 133 Å². The number of aryl methyl sites for hydroxylation is 1. The molecule has 0 unspecified atom stereocenters. The van der Waals surface area contributed by atoms with E-state index in [4.69, 9.17) is 11.6 Å². The third-order valence-electron chi connectivity index (χ3n) is 3.49. The molecule has 0 saturated carbocycles. The number of imidazole rings is 1. The molecule has 1 heterocycles. The van der Waals surface area contributed by atoms with E-state index in [2.05, 4.69) is 27.4 Å². The fourth-order valence-electron chi connectivity index (χ4n) is 2.36. The summed E-state index contributed by atoms with van der Waals surface area (Å²) in [6.07, 6.45) is 1.87. The van der Waals surface area contributed by atoms with Crippen molar-refractivity contribution in [2.45, 2.75) is 12.8 Å². The molecule has 3 aromatic rings. The SMILES string of the molecule is O=C(NCCCc1ccccc1)c1ccc2nc(Cl)[nH]c2c1. The first-order valence-electron chi connectivity index (χ1n) is 7.20. The highest BCUT2D eigenvalue weighted by Crippen LogP contribution is 2.16. The zero-order chi connectivity index (χ0) is 15.4. The first-order chi connectivity index (χ1) is 10.7. The molecule has 22 heavy (non-hydrogen) atoms. The molecule has 112 valence electrons. The molecule has 1 amide bonds. The molecule has 1 aromatic heterocycles. The first kappa shape index (κ1) is 14.6. The normalized spacial score (nSPS) is 10.8. The number of hydrogen-bond acceptors (Lipinski definition) is 2. The molecule has 0 bridgehead atoms. The number of aromatic nitrogens is 2. The van der Waals surface area contributed by atoms with Gasteiger partial charge in [-0.05, 0) is 48.2 Å². The fraction of sp³-hybridized carbons (Fsp3) is 0.176. The summed E-state index contributed by atoms with van der Waals surface area (Å²) in [5, 5.41) is 3.26. The summed E-state index contributed by atoms with van der Waals surface area (Å²) in [6.45, 7) is 0.648. The van der Waals surface area contributed by atoms with Crippen LogP contribution in [0.1, 0.15) is 22.3 Å². The molecule has 0 saturated heterocycles. The smallest absolute Gasteiger partial charge is 0.251 e. The van der Waals surface area contributed by atoms with Gasteiger partial charge in [-0.3, -0.25) is 4.79 Å². The minimum Gasteiger partial charge on any atom is -0.352 e. The van der Waals surface area contributed by atoms with Crippen LogP contribution >= 0.6 is 11.6 Å². The summed E-state index contributed by atoms with van der Waals surface area (Å²) in [7, 11) is 0. The third-order valence-corrected chi connectivity index (χ3v) is 3.66. The second-order valence-electron chi connectivity index (χ2n) is 5.10. The minimum atomic E-state index is -0.0827. The molecule has 2 N–H and O–H groups in total. The van der Waals surface area contributed by atoms with Crippen molar-refractivity contribution in [3.8, 4) is 0 Å². The number of aromatic amines is 1. The van der Waals surface area contributed by atoms with Crippen molar-refractivity contribution in [2.24, 2.45) is 0 Å². The van der Waals surface area contributed by atoms with E-state index in [0.717, 1.165) is 23.9 Å². The van der Waals surface area contributed by atoms with Gasteiger partial charge in [0.25, 0.3) is 5.91 Å². The minimum absolute atomic E-state index is 0.0827. The number of amides is 1. The number of halogens is 1. The van der Waals surface area contributed by atoms with E-state index in [9.17, 15) is 4.79 Å². The van der Waals surface area contributed by atoms with Gasteiger partial charge >= 0.3 is 0 Å². The number of carbonyl (C=O) groups is 1. The monoisotopic (exact) mass is 313 g/mol. The molecule has 0 aliphatic heterocycles. The molecule has 4 nitrogen and oxygen atoms in total. The van der Waals surface area contributed by atoms with E-state index in [-0.39, 0.29) is 5.91 Å². The molecular weight excluding hydrogens is 298 g/mol. The number of benzene rings is 2. The van der Waals surface area contributed by atoms with Crippen LogP contribution in [0.4, 0.5) is 0 Å². The van der Waals surface area contributed by atoms with Crippen LogP contribution in [-0.2, 0) is 6.42 Å². The number of nitrogens with zero attached hydrogens (tertiary/aromatic N) is 1. The van der Waals surface area contributed by atoms with Crippen LogP contribution in [0.5, 0.6) is 0 Å². The van der Waals surface area contributed by atoms with E-state index < -0.39 is 0 Å². The lowest BCUT2D eigenvalue weighted by Gasteiger charge is -2.05. The van der Waals surface area contributed by atoms with Gasteiger partial charge in [0.15, 0.2) is 0 Å². The standard InChI is InChI=1S/C17H16ClN3O/c18-17-20-14-9-8-13(11-15(14)21-17)16(22)19-10-4-7-12-5-2-1-3-6-12/h1-3,5-6,8-9,11H,4,7,10H2,(H,19,22)(H,20,21). The van der Waals surface area contributed by atoms with E-state index >= 15 is 0 Å². The summed E-state index contributed by atoms with van der Waals surface area (Å²) < 4.78 is 0. The van der Waals surface area contributed by atoms with Crippen LogP contribution in [0.25, 0.3) is 11.0 Å². The average Bonchev–Trinajstić information content (AvgIpc) is 2.91. The largest absolute Gasteiger partial charge is 0.352 e. The van der Waals surface area contributed by atoms with Gasteiger partial charge in [0.1, 0.15) is 0 Å². The zero-order valence-corrected chi connectivity index (χ0v) is 12.7. The van der Waals surface area contributed by atoms with Crippen molar-refractivity contribution in [1.82, 2.24) is 15.3 Å². The number of hydrogen-bond donors (Lipinski definition) is 2. The Balaban J connectivity index is 1.54. The predicted molar refractivity (Wildman–Crippen MR) is 88.2 cm³/mol. The van der Waals surface area contributed by atoms with E-state index in [1.807, 2.05) is 18.2 Å². The van der Waals surface area contributed by atoms with Crippen LogP contribution in [0.2, 0.25) is 5.28 Å². The molecule has 0 spiro atoms. The Hall–Kier alpha value is -2.33. The Bertz CT molecular complexity index is 783. The van der Waals surface area contributed by atoms with Crippen molar-refractivity contribution >= 4 is 28.5 Å². The average molecular weight is 314 g/mol. The van der Waals surface area contributed by atoms with E-state index in [1.54, 1.807) is 18.2 Å². The van der Waals surface area contributed by atoms with Crippen molar-refractivity contribution in [2.75, 3.05) is 6.54 Å². The number of carbonyl (C=O) groups excluding carboxylic acids is 1. The molecular formula is C17H16ClN3O. The molecule has 3 rings (SSSR count). The van der Waals surface area contributed by atoms with Crippen molar-refractivity contribution in [3.63, 3.8) is 0 Å². The summed E-state index contributed by atoms with van der Waals surface area (Å²) in [6, 6.07) is 15.6. The van der Waals surface area contributed by atoms with Crippen molar-refractivity contribution < 1.29 is 4.79 Å². The zero-order valence-electron chi connectivity index (χ0n) is 12.0. The van der Waals surface area contributed by atoms with Crippen molar-refractivity contribution in [1.29, 1.82) is 0 Å². The maximum atomic E-state index is 12.1. The first-order valence-corrected chi connectivity index (χ1v) is 7.57. The molecule has 0 fully saturated rings. The quantitative estimate of drug-likeness (QED) is 0.707. The summed E-state index contributed by atoms with van der Waals surface area (Å²) >= 11 is 5.81. The van der Waals surface area contributed by atoms with Gasteiger partial charge in [0.2, 0.25) is 5.28 Å². The lowest BCUT2D eigenvalue weighted by atomic mass is 10.1. The Morgan fingerprint density at radius 1 is 1.18 bits per heavy atom. The number of H-pyrrole nitrogens is 1. The van der Waals surface area contributed by atoms with Gasteiger partial charge in [0.05, 0.1) is 11.0 Å². The predicted octanol–water partition coefficient (Wildman–Crippen LogP) is 3.58.